The molecule has 3 N–H and O–H groups in total. The Morgan fingerprint density at radius 2 is 1.81 bits per heavy atom. The molecule has 0 aliphatic heterocycles. The maximum Gasteiger partial charge on any atom is 0.326 e. The van der Waals surface area contributed by atoms with Crippen molar-refractivity contribution >= 4 is 17.8 Å². The third-order valence-electron chi connectivity index (χ3n) is 1.98. The number of carboxylic acid groups (broad SMARTS) is 1. The number of rotatable bonds is 6. The second-order valence-corrected chi connectivity index (χ2v) is 3.86. The average molecular weight is 230 g/mol. The van der Waals surface area contributed by atoms with Crippen LogP contribution >= 0.6 is 0 Å². The Morgan fingerprint density at radius 1 is 1.25 bits per heavy atom. The first-order valence-electron chi connectivity index (χ1n) is 5.11. The molecule has 0 heterocycles. The van der Waals surface area contributed by atoms with Gasteiger partial charge in [0.25, 0.3) is 0 Å². The lowest BCUT2D eigenvalue weighted by Crippen LogP contribution is -2.45. The highest BCUT2D eigenvalue weighted by Crippen LogP contribution is 2.01. The first kappa shape index (κ1) is 14.4. The molecule has 6 heteroatoms. The van der Waals surface area contributed by atoms with E-state index in [9.17, 15) is 14.4 Å². The zero-order valence-corrected chi connectivity index (χ0v) is 9.74. The van der Waals surface area contributed by atoms with Crippen LogP contribution in [0.2, 0.25) is 0 Å². The van der Waals surface area contributed by atoms with E-state index in [0.717, 1.165) is 0 Å². The van der Waals surface area contributed by atoms with Crippen molar-refractivity contribution in [2.75, 3.05) is 6.54 Å². The Balaban J connectivity index is 4.01. The molecule has 0 aliphatic rings. The van der Waals surface area contributed by atoms with Crippen LogP contribution in [-0.4, -0.2) is 35.5 Å². The van der Waals surface area contributed by atoms with Crippen LogP contribution in [0.25, 0.3) is 0 Å². The van der Waals surface area contributed by atoms with Crippen molar-refractivity contribution in [1.29, 1.82) is 0 Å². The van der Waals surface area contributed by atoms with Crippen molar-refractivity contribution in [2.24, 2.45) is 5.92 Å². The summed E-state index contributed by atoms with van der Waals surface area (Å²) in [6.07, 6.45) is 0.0794. The summed E-state index contributed by atoms with van der Waals surface area (Å²) in [5.41, 5.74) is 0. The van der Waals surface area contributed by atoms with Crippen molar-refractivity contribution in [3.05, 3.63) is 0 Å². The van der Waals surface area contributed by atoms with Gasteiger partial charge in [-0.05, 0) is 5.92 Å². The van der Waals surface area contributed by atoms with Crippen molar-refractivity contribution in [3.63, 3.8) is 0 Å². The average Bonchev–Trinajstić information content (AvgIpc) is 2.12. The van der Waals surface area contributed by atoms with Crippen LogP contribution < -0.4 is 10.6 Å². The molecule has 0 aromatic heterocycles. The highest BCUT2D eigenvalue weighted by Gasteiger charge is 2.22. The number of carbonyl (C=O) groups is 3. The van der Waals surface area contributed by atoms with Crippen molar-refractivity contribution in [2.45, 2.75) is 33.2 Å². The Morgan fingerprint density at radius 3 is 2.19 bits per heavy atom. The fraction of sp³-hybridized carbons (Fsp3) is 0.700. The number of aliphatic carboxylic acids is 1. The third kappa shape index (κ3) is 6.00. The van der Waals surface area contributed by atoms with E-state index < -0.39 is 12.0 Å². The summed E-state index contributed by atoms with van der Waals surface area (Å²) < 4.78 is 0. The van der Waals surface area contributed by atoms with E-state index in [2.05, 4.69) is 10.6 Å². The Bertz CT molecular complexity index is 276. The van der Waals surface area contributed by atoms with E-state index in [0.29, 0.717) is 0 Å². The van der Waals surface area contributed by atoms with Crippen LogP contribution in [0.4, 0.5) is 0 Å². The van der Waals surface area contributed by atoms with Gasteiger partial charge >= 0.3 is 5.97 Å². The van der Waals surface area contributed by atoms with E-state index in [4.69, 9.17) is 5.11 Å². The normalized spacial score (nSPS) is 12.0. The minimum Gasteiger partial charge on any atom is -0.480 e. The van der Waals surface area contributed by atoms with E-state index in [1.165, 1.54) is 6.92 Å². The number of nitrogens with one attached hydrogen (secondary N) is 2. The molecule has 0 aromatic carbocycles. The smallest absolute Gasteiger partial charge is 0.326 e. The van der Waals surface area contributed by atoms with E-state index in [-0.39, 0.29) is 30.7 Å². The standard InChI is InChI=1S/C10H18N2O4/c1-6(2)9(10(15)16)12-8(14)4-5-11-7(3)13/h6,9H,4-5H2,1-3H3,(H,11,13)(H,12,14)(H,15,16)/t9-/m1/s1. The van der Waals surface area contributed by atoms with Crippen LogP contribution in [0.5, 0.6) is 0 Å². The number of hydrogen-bond donors (Lipinski definition) is 3. The summed E-state index contributed by atoms with van der Waals surface area (Å²) in [6.45, 7) is 5.00. The lowest BCUT2D eigenvalue weighted by atomic mass is 10.0. The molecule has 0 rings (SSSR count). The van der Waals surface area contributed by atoms with Gasteiger partial charge in [-0.15, -0.1) is 0 Å². The monoisotopic (exact) mass is 230 g/mol. The number of carboxylic acids is 1. The van der Waals surface area contributed by atoms with Gasteiger partial charge in [0.05, 0.1) is 0 Å². The molecule has 2 amide bonds. The van der Waals surface area contributed by atoms with Gasteiger partial charge in [0.1, 0.15) is 6.04 Å². The first-order valence-corrected chi connectivity index (χ1v) is 5.11. The molecular weight excluding hydrogens is 212 g/mol. The molecule has 0 saturated carbocycles. The highest BCUT2D eigenvalue weighted by molar-refractivity contribution is 5.84. The molecule has 0 fully saturated rings. The van der Waals surface area contributed by atoms with Gasteiger partial charge in [0, 0.05) is 19.9 Å². The summed E-state index contributed by atoms with van der Waals surface area (Å²) in [5.74, 6) is -1.83. The van der Waals surface area contributed by atoms with Gasteiger partial charge < -0.3 is 15.7 Å². The maximum atomic E-state index is 11.3. The molecule has 1 atom stereocenters. The predicted octanol–water partition coefficient (Wildman–Crippen LogP) is -0.262. The number of hydrogen-bond acceptors (Lipinski definition) is 3. The van der Waals surface area contributed by atoms with Gasteiger partial charge in [-0.1, -0.05) is 13.8 Å². The SMILES string of the molecule is CC(=O)NCCC(=O)N[C@@H](C(=O)O)C(C)C. The molecule has 92 valence electrons. The lowest BCUT2D eigenvalue weighted by molar-refractivity contribution is -0.143. The Hall–Kier alpha value is -1.59. The van der Waals surface area contributed by atoms with Crippen molar-refractivity contribution in [3.8, 4) is 0 Å². The fourth-order valence-electron chi connectivity index (χ4n) is 1.11. The predicted molar refractivity (Wildman–Crippen MR) is 57.7 cm³/mol. The largest absolute Gasteiger partial charge is 0.480 e. The topological polar surface area (TPSA) is 95.5 Å². The molecule has 0 saturated heterocycles. The quantitative estimate of drug-likeness (QED) is 0.585. The minimum atomic E-state index is -1.05. The lowest BCUT2D eigenvalue weighted by Gasteiger charge is -2.17. The summed E-state index contributed by atoms with van der Waals surface area (Å²) in [7, 11) is 0. The second-order valence-electron chi connectivity index (χ2n) is 3.86. The van der Waals surface area contributed by atoms with Gasteiger partial charge in [-0.2, -0.15) is 0 Å². The van der Waals surface area contributed by atoms with E-state index in [1.807, 2.05) is 0 Å². The van der Waals surface area contributed by atoms with Crippen molar-refractivity contribution < 1.29 is 19.5 Å². The van der Waals surface area contributed by atoms with Crippen molar-refractivity contribution in [1.82, 2.24) is 10.6 Å². The van der Waals surface area contributed by atoms with E-state index in [1.54, 1.807) is 13.8 Å². The summed E-state index contributed by atoms with van der Waals surface area (Å²) in [6, 6.07) is -0.884. The molecule has 0 bridgehead atoms. The Labute approximate surface area is 94.4 Å². The first-order chi connectivity index (χ1) is 7.34. The van der Waals surface area contributed by atoms with Crippen LogP contribution in [0.1, 0.15) is 27.2 Å². The molecule has 0 radical (unpaired) electrons. The number of carbonyl (C=O) groups excluding carboxylic acids is 2. The third-order valence-corrected chi connectivity index (χ3v) is 1.98. The van der Waals surface area contributed by atoms with Gasteiger partial charge in [-0.3, -0.25) is 9.59 Å². The van der Waals surface area contributed by atoms with Gasteiger partial charge in [0.15, 0.2) is 0 Å². The molecule has 0 spiro atoms. The molecule has 0 unspecified atom stereocenters. The van der Waals surface area contributed by atoms with Crippen LogP contribution in [0.15, 0.2) is 0 Å². The summed E-state index contributed by atoms with van der Waals surface area (Å²) >= 11 is 0. The second kappa shape index (κ2) is 6.81. The minimum absolute atomic E-state index is 0.0794. The van der Waals surface area contributed by atoms with Crippen LogP contribution in [0, 0.1) is 5.92 Å². The van der Waals surface area contributed by atoms with Gasteiger partial charge in [0.2, 0.25) is 11.8 Å². The summed E-state index contributed by atoms with van der Waals surface area (Å²) in [4.78, 5) is 32.6. The molecule has 16 heavy (non-hydrogen) atoms. The van der Waals surface area contributed by atoms with Crippen LogP contribution in [0.3, 0.4) is 0 Å². The molecule has 0 aliphatic carbocycles. The van der Waals surface area contributed by atoms with E-state index >= 15 is 0 Å². The fourth-order valence-corrected chi connectivity index (χ4v) is 1.11. The highest BCUT2D eigenvalue weighted by atomic mass is 16.4. The van der Waals surface area contributed by atoms with Gasteiger partial charge in [-0.25, -0.2) is 4.79 Å². The van der Waals surface area contributed by atoms with Crippen LogP contribution in [-0.2, 0) is 14.4 Å². The summed E-state index contributed by atoms with van der Waals surface area (Å²) in [5, 5.41) is 13.7. The zero-order chi connectivity index (χ0) is 12.7. The number of amides is 2. The Kier molecular flexibility index (Phi) is 6.14. The molecular formula is C10H18N2O4. The molecule has 0 aromatic rings. The maximum absolute atomic E-state index is 11.3. The molecule has 6 nitrogen and oxygen atoms in total. The zero-order valence-electron chi connectivity index (χ0n) is 9.74.